The lowest BCUT2D eigenvalue weighted by atomic mass is 9.88. The van der Waals surface area contributed by atoms with Crippen molar-refractivity contribution < 1.29 is 29.7 Å². The number of carbonyl (C=O) groups excluding carboxylic acids is 1. The second kappa shape index (κ2) is 9.56. The van der Waals surface area contributed by atoms with Gasteiger partial charge in [0.25, 0.3) is 0 Å². The third kappa shape index (κ3) is 4.83. The van der Waals surface area contributed by atoms with Gasteiger partial charge in [0.1, 0.15) is 0 Å². The highest BCUT2D eigenvalue weighted by Gasteiger charge is 2.42. The van der Waals surface area contributed by atoms with Crippen LogP contribution in [-0.4, -0.2) is 61.7 Å². The van der Waals surface area contributed by atoms with Gasteiger partial charge in [-0.2, -0.15) is 0 Å². The second-order valence-electron chi connectivity index (χ2n) is 8.76. The van der Waals surface area contributed by atoms with Crippen molar-refractivity contribution in [3.63, 3.8) is 0 Å². The lowest BCUT2D eigenvalue weighted by Gasteiger charge is -2.32. The number of halogens is 1. The number of piperidine rings is 1. The zero-order valence-electron chi connectivity index (χ0n) is 18.5. The molecular formula is C25H25ClN2O6. The number of aryl methyl sites for hydroxylation is 2. The summed E-state index contributed by atoms with van der Waals surface area (Å²) in [5, 5.41) is 29.1. The fraction of sp³-hybridized carbons (Fsp3) is 0.360. The first-order valence-electron chi connectivity index (χ1n) is 11.1. The number of carbonyl (C=O) groups is 3. The van der Waals surface area contributed by atoms with E-state index in [0.717, 1.165) is 46.4 Å². The molecular weight excluding hydrogens is 460 g/mol. The normalized spacial score (nSPS) is 17.3. The summed E-state index contributed by atoms with van der Waals surface area (Å²) in [5.41, 5.74) is 3.87. The van der Waals surface area contributed by atoms with Gasteiger partial charge in [-0.25, -0.2) is 4.79 Å². The van der Waals surface area contributed by atoms with E-state index in [2.05, 4.69) is 11.1 Å². The number of rotatable bonds is 5. The van der Waals surface area contributed by atoms with Crippen molar-refractivity contribution in [1.29, 1.82) is 0 Å². The number of aliphatic carboxylic acids is 2. The topological polar surface area (TPSA) is 128 Å². The molecule has 1 amide bonds. The molecule has 1 aliphatic carbocycles. The highest BCUT2D eigenvalue weighted by atomic mass is 35.5. The van der Waals surface area contributed by atoms with E-state index in [-0.39, 0.29) is 0 Å². The Morgan fingerprint density at radius 3 is 2.38 bits per heavy atom. The molecule has 0 bridgehead atoms. The quantitative estimate of drug-likeness (QED) is 0.595. The highest BCUT2D eigenvalue weighted by molar-refractivity contribution is 6.30. The van der Waals surface area contributed by atoms with Crippen LogP contribution in [-0.2, 0) is 27.2 Å². The average molecular weight is 485 g/mol. The summed E-state index contributed by atoms with van der Waals surface area (Å²) in [6.45, 7) is 0.678. The SMILES string of the molecule is O=C(O)CC(O)(CC(=O)N1CCC(=C2c3ccc(Cl)cc3CCc3cccnc32)CC1)C(=O)O. The molecule has 1 fully saturated rings. The van der Waals surface area contributed by atoms with Gasteiger partial charge in [0.15, 0.2) is 5.60 Å². The van der Waals surface area contributed by atoms with Crippen LogP contribution in [0, 0.1) is 0 Å². The smallest absolute Gasteiger partial charge is 0.336 e. The molecule has 4 rings (SSSR count). The summed E-state index contributed by atoms with van der Waals surface area (Å²) < 4.78 is 0. The summed E-state index contributed by atoms with van der Waals surface area (Å²) >= 11 is 6.26. The number of benzene rings is 1. The zero-order valence-corrected chi connectivity index (χ0v) is 19.2. The number of aromatic nitrogens is 1. The molecule has 1 aromatic carbocycles. The minimum Gasteiger partial charge on any atom is -0.481 e. The molecule has 0 saturated carbocycles. The van der Waals surface area contributed by atoms with Gasteiger partial charge in [-0.15, -0.1) is 0 Å². The van der Waals surface area contributed by atoms with Crippen LogP contribution in [0.3, 0.4) is 0 Å². The Kier molecular flexibility index (Phi) is 6.72. The number of aliphatic hydroxyl groups is 1. The van der Waals surface area contributed by atoms with Gasteiger partial charge in [-0.05, 0) is 60.6 Å². The van der Waals surface area contributed by atoms with Crippen LogP contribution in [0.1, 0.15) is 48.1 Å². The molecule has 1 unspecified atom stereocenters. The van der Waals surface area contributed by atoms with E-state index >= 15 is 0 Å². The number of likely N-dealkylation sites (tertiary alicyclic amines) is 1. The molecule has 2 heterocycles. The predicted molar refractivity (Wildman–Crippen MR) is 124 cm³/mol. The number of hydrogen-bond acceptors (Lipinski definition) is 5. The lowest BCUT2D eigenvalue weighted by molar-refractivity contribution is -0.169. The lowest BCUT2D eigenvalue weighted by Crippen LogP contribution is -2.47. The molecule has 1 saturated heterocycles. The minimum atomic E-state index is -2.63. The predicted octanol–water partition coefficient (Wildman–Crippen LogP) is 2.94. The van der Waals surface area contributed by atoms with E-state index in [1.807, 2.05) is 24.3 Å². The molecule has 34 heavy (non-hydrogen) atoms. The first-order chi connectivity index (χ1) is 16.2. The Hall–Kier alpha value is -3.23. The molecule has 2 aromatic rings. The van der Waals surface area contributed by atoms with Crippen molar-refractivity contribution >= 4 is 35.0 Å². The van der Waals surface area contributed by atoms with Crippen molar-refractivity contribution in [2.75, 3.05) is 13.1 Å². The molecule has 1 aromatic heterocycles. The number of hydrogen-bond donors (Lipinski definition) is 3. The monoisotopic (exact) mass is 484 g/mol. The van der Waals surface area contributed by atoms with Gasteiger partial charge >= 0.3 is 11.9 Å². The fourth-order valence-electron chi connectivity index (χ4n) is 4.74. The summed E-state index contributed by atoms with van der Waals surface area (Å²) in [7, 11) is 0. The van der Waals surface area contributed by atoms with E-state index in [4.69, 9.17) is 16.7 Å². The van der Waals surface area contributed by atoms with Crippen molar-refractivity contribution in [3.05, 3.63) is 69.5 Å². The van der Waals surface area contributed by atoms with Crippen LogP contribution < -0.4 is 0 Å². The van der Waals surface area contributed by atoms with Crippen LogP contribution in [0.2, 0.25) is 5.02 Å². The highest BCUT2D eigenvalue weighted by Crippen LogP contribution is 2.38. The van der Waals surface area contributed by atoms with E-state index in [1.54, 1.807) is 6.20 Å². The summed E-state index contributed by atoms with van der Waals surface area (Å²) in [6, 6.07) is 9.86. The average Bonchev–Trinajstić information content (AvgIpc) is 2.95. The molecule has 3 N–H and O–H groups in total. The summed E-state index contributed by atoms with van der Waals surface area (Å²) in [6.07, 6.45) is 2.75. The van der Waals surface area contributed by atoms with Gasteiger partial charge in [0.2, 0.25) is 5.91 Å². The second-order valence-corrected chi connectivity index (χ2v) is 9.19. The van der Waals surface area contributed by atoms with E-state index in [1.165, 1.54) is 4.90 Å². The maximum Gasteiger partial charge on any atom is 0.336 e. The van der Waals surface area contributed by atoms with Crippen LogP contribution in [0.4, 0.5) is 0 Å². The van der Waals surface area contributed by atoms with Crippen LogP contribution in [0.25, 0.3) is 5.57 Å². The fourth-order valence-corrected chi connectivity index (χ4v) is 4.93. The van der Waals surface area contributed by atoms with E-state index in [0.29, 0.717) is 31.0 Å². The van der Waals surface area contributed by atoms with Gasteiger partial charge in [-0.3, -0.25) is 14.6 Å². The van der Waals surface area contributed by atoms with Crippen LogP contribution >= 0.6 is 11.6 Å². The van der Waals surface area contributed by atoms with Gasteiger partial charge < -0.3 is 20.2 Å². The molecule has 0 radical (unpaired) electrons. The molecule has 1 aliphatic heterocycles. The molecule has 178 valence electrons. The Bertz CT molecular complexity index is 1180. The minimum absolute atomic E-state index is 0.339. The van der Waals surface area contributed by atoms with Crippen molar-refractivity contribution in [2.24, 2.45) is 0 Å². The van der Waals surface area contributed by atoms with Crippen molar-refractivity contribution in [2.45, 2.75) is 44.1 Å². The zero-order chi connectivity index (χ0) is 24.5. The van der Waals surface area contributed by atoms with Gasteiger partial charge in [0, 0.05) is 29.9 Å². The number of fused-ring (bicyclic) bond motifs is 2. The maximum atomic E-state index is 12.7. The molecule has 1 atom stereocenters. The number of pyridine rings is 1. The third-order valence-corrected chi connectivity index (χ3v) is 6.72. The number of nitrogens with zero attached hydrogens (tertiary/aromatic N) is 2. The number of carboxylic acid groups (broad SMARTS) is 2. The molecule has 9 heteroatoms. The third-order valence-electron chi connectivity index (χ3n) is 6.49. The van der Waals surface area contributed by atoms with Gasteiger partial charge in [-0.1, -0.05) is 29.3 Å². The largest absolute Gasteiger partial charge is 0.481 e. The Morgan fingerprint density at radius 2 is 1.71 bits per heavy atom. The first kappa shape index (κ1) is 23.9. The van der Waals surface area contributed by atoms with Gasteiger partial charge in [0.05, 0.1) is 18.5 Å². The maximum absolute atomic E-state index is 12.7. The van der Waals surface area contributed by atoms with Crippen molar-refractivity contribution in [1.82, 2.24) is 9.88 Å². The Labute approximate surface area is 201 Å². The number of carboxylic acids is 2. The Morgan fingerprint density at radius 1 is 1.00 bits per heavy atom. The van der Waals surface area contributed by atoms with Crippen LogP contribution in [0.5, 0.6) is 0 Å². The molecule has 8 nitrogen and oxygen atoms in total. The Balaban J connectivity index is 1.61. The van der Waals surface area contributed by atoms with Crippen molar-refractivity contribution in [3.8, 4) is 0 Å². The summed E-state index contributed by atoms with van der Waals surface area (Å²) in [5.74, 6) is -3.79. The van der Waals surface area contributed by atoms with E-state index in [9.17, 15) is 24.6 Å². The standard InChI is InChI=1S/C25H25ClN2O6/c26-18-5-6-19-17(12-18)4-3-16-2-1-9-27-23(16)22(19)15-7-10-28(11-8-15)20(29)13-25(34,24(32)33)14-21(30)31/h1-2,5-6,9,12,34H,3-4,7-8,10-11,13-14H2,(H,30,31)(H,32,33). The summed E-state index contributed by atoms with van der Waals surface area (Å²) in [4.78, 5) is 41.3. The first-order valence-corrected chi connectivity index (χ1v) is 11.5. The molecule has 2 aliphatic rings. The number of amides is 1. The van der Waals surface area contributed by atoms with E-state index < -0.39 is 36.3 Å². The van der Waals surface area contributed by atoms with Crippen LogP contribution in [0.15, 0.2) is 42.1 Å². The molecule has 0 spiro atoms.